The fourth-order valence-corrected chi connectivity index (χ4v) is 6.89. The van der Waals surface area contributed by atoms with E-state index in [1.807, 2.05) is 58.0 Å². The van der Waals surface area contributed by atoms with Gasteiger partial charge in [0, 0.05) is 55.2 Å². The summed E-state index contributed by atoms with van der Waals surface area (Å²) in [5, 5.41) is 6.53. The first kappa shape index (κ1) is 38.5. The van der Waals surface area contributed by atoms with Crippen LogP contribution >= 0.6 is 11.6 Å². The molecule has 3 aromatic carbocycles. The van der Waals surface area contributed by atoms with Crippen LogP contribution in [-0.4, -0.2) is 70.2 Å². The molecule has 2 N–H and O–H groups in total. The van der Waals surface area contributed by atoms with Gasteiger partial charge in [-0.1, -0.05) is 66.2 Å². The number of halogens is 1. The van der Waals surface area contributed by atoms with Gasteiger partial charge in [-0.25, -0.2) is 4.79 Å². The summed E-state index contributed by atoms with van der Waals surface area (Å²) < 4.78 is 5.54. The van der Waals surface area contributed by atoms with Crippen LogP contribution in [0.5, 0.6) is 0 Å². The molecule has 2 aliphatic heterocycles. The molecular formula is C41H49ClN4O6. The minimum atomic E-state index is -0.888. The maximum atomic E-state index is 14.2. The zero-order chi connectivity index (χ0) is 37.4. The molecule has 52 heavy (non-hydrogen) atoms. The van der Waals surface area contributed by atoms with Crippen LogP contribution in [0.2, 0.25) is 5.02 Å². The highest BCUT2D eigenvalue weighted by Gasteiger charge is 2.37. The second kappa shape index (κ2) is 17.2. The Balaban J connectivity index is 1.29. The summed E-state index contributed by atoms with van der Waals surface area (Å²) in [5.74, 6) is -0.995. The topological polar surface area (TPSA) is 125 Å². The number of hydrogen-bond acceptors (Lipinski definition) is 6. The third-order valence-electron chi connectivity index (χ3n) is 9.72. The number of rotatable bonds is 11. The first-order valence-corrected chi connectivity index (χ1v) is 18.4. The lowest BCUT2D eigenvalue weighted by molar-refractivity contribution is -0.142. The molecule has 0 saturated carbocycles. The van der Waals surface area contributed by atoms with Crippen molar-refractivity contribution in [3.05, 3.63) is 100 Å². The van der Waals surface area contributed by atoms with Crippen molar-refractivity contribution in [3.63, 3.8) is 0 Å². The number of benzene rings is 3. The number of ether oxygens (including phenoxy) is 1. The Kier molecular flexibility index (Phi) is 12.8. The highest BCUT2D eigenvalue weighted by Crippen LogP contribution is 2.27. The fourth-order valence-electron chi connectivity index (χ4n) is 6.77. The Hall–Kier alpha value is -4.70. The van der Waals surface area contributed by atoms with Gasteiger partial charge in [0.05, 0.1) is 0 Å². The van der Waals surface area contributed by atoms with Crippen LogP contribution in [0.3, 0.4) is 0 Å². The maximum absolute atomic E-state index is 14.2. The molecule has 0 spiro atoms. The smallest absolute Gasteiger partial charge is 0.410 e. The van der Waals surface area contributed by atoms with E-state index in [4.69, 9.17) is 16.3 Å². The Morgan fingerprint density at radius 2 is 1.58 bits per heavy atom. The zero-order valence-corrected chi connectivity index (χ0v) is 31.2. The molecule has 3 aromatic rings. The lowest BCUT2D eigenvalue weighted by Crippen LogP contribution is -2.56. The van der Waals surface area contributed by atoms with Crippen LogP contribution in [0.25, 0.3) is 0 Å². The number of nitrogens with one attached hydrogen (secondary N) is 2. The maximum Gasteiger partial charge on any atom is 0.410 e. The van der Waals surface area contributed by atoms with Gasteiger partial charge < -0.3 is 25.2 Å². The fraction of sp³-hybridized carbons (Fsp3) is 0.439. The predicted molar refractivity (Wildman–Crippen MR) is 201 cm³/mol. The van der Waals surface area contributed by atoms with Gasteiger partial charge in [-0.3, -0.25) is 19.2 Å². The van der Waals surface area contributed by atoms with E-state index in [0.29, 0.717) is 42.2 Å². The van der Waals surface area contributed by atoms with Gasteiger partial charge in [0.2, 0.25) is 17.7 Å². The molecule has 1 fully saturated rings. The number of amides is 4. The lowest BCUT2D eigenvalue weighted by atomic mass is 9.90. The molecule has 0 unspecified atom stereocenters. The largest absolute Gasteiger partial charge is 0.444 e. The summed E-state index contributed by atoms with van der Waals surface area (Å²) in [6.45, 7) is 8.71. The molecule has 0 radical (unpaired) electrons. The summed E-state index contributed by atoms with van der Waals surface area (Å²) in [7, 11) is 0. The number of carbonyl (C=O) groups is 5. The average molecular weight is 729 g/mol. The highest BCUT2D eigenvalue weighted by molar-refractivity contribution is 6.31. The highest BCUT2D eigenvalue weighted by atomic mass is 35.5. The Morgan fingerprint density at radius 3 is 2.25 bits per heavy atom. The number of ketones is 1. The zero-order valence-electron chi connectivity index (χ0n) is 30.5. The van der Waals surface area contributed by atoms with Crippen LogP contribution in [0.1, 0.15) is 86.3 Å². The van der Waals surface area contributed by atoms with E-state index in [2.05, 4.69) is 10.6 Å². The molecule has 2 aliphatic rings. The van der Waals surface area contributed by atoms with Crippen molar-refractivity contribution >= 4 is 46.9 Å². The summed E-state index contributed by atoms with van der Waals surface area (Å²) in [6, 6.07) is 20.0. The van der Waals surface area contributed by atoms with Gasteiger partial charge in [-0.2, -0.15) is 0 Å². The second-order valence-electron chi connectivity index (χ2n) is 14.8. The summed E-state index contributed by atoms with van der Waals surface area (Å²) >= 11 is 6.22. The number of hydrogen-bond donors (Lipinski definition) is 2. The number of aryl methyl sites for hydroxylation is 1. The minimum Gasteiger partial charge on any atom is -0.444 e. The summed E-state index contributed by atoms with van der Waals surface area (Å²) in [6.07, 6.45) is 2.46. The van der Waals surface area contributed by atoms with Crippen LogP contribution in [0.15, 0.2) is 72.8 Å². The number of piperidine rings is 1. The normalized spacial score (nSPS) is 16.8. The monoisotopic (exact) mass is 728 g/mol. The van der Waals surface area contributed by atoms with Crippen molar-refractivity contribution < 1.29 is 28.7 Å². The number of Topliss-reactive ketones (excluding diaryl/α,β-unsaturated/α-hetero) is 1. The quantitative estimate of drug-likeness (QED) is 0.203. The van der Waals surface area contributed by atoms with Crippen molar-refractivity contribution in [2.75, 3.05) is 18.4 Å². The van der Waals surface area contributed by atoms with Crippen LogP contribution in [0.4, 0.5) is 10.5 Å². The standard InChI is InChI=1S/C41H49ClN4O6/c1-27-24-32(15-16-33(27)42)43-38(49)34(17-14-28-20-22-45(23-21-28)40(51)52-41(2,3)4)44-39(50)35-25-30-12-8-9-13-31(30)26-46(35)37(48)19-18-36(47)29-10-6-5-7-11-29/h5-13,15-16,24,28,34-35H,14,17-23,25-26H2,1-4H3,(H,43,49)(H,44,50)/t34-,35-/m0/s1. The second-order valence-corrected chi connectivity index (χ2v) is 15.2. The molecule has 1 saturated heterocycles. The van der Waals surface area contributed by atoms with Gasteiger partial charge in [0.1, 0.15) is 17.7 Å². The molecule has 11 heteroatoms. The van der Waals surface area contributed by atoms with E-state index in [-0.39, 0.29) is 55.4 Å². The SMILES string of the molecule is Cc1cc(NC(=O)[C@H](CCC2CCN(C(=O)OC(C)(C)C)CC2)NC(=O)[C@@H]2Cc3ccccc3CN2C(=O)CCC(=O)c2ccccc2)ccc1Cl. The third-order valence-corrected chi connectivity index (χ3v) is 10.1. The van der Waals surface area contributed by atoms with Crippen molar-refractivity contribution in [3.8, 4) is 0 Å². The molecular weight excluding hydrogens is 680 g/mol. The van der Waals surface area contributed by atoms with Gasteiger partial charge in [0.15, 0.2) is 5.78 Å². The molecule has 2 atom stereocenters. The van der Waals surface area contributed by atoms with E-state index >= 15 is 0 Å². The number of fused-ring (bicyclic) bond motifs is 1. The van der Waals surface area contributed by atoms with Crippen LogP contribution < -0.4 is 10.6 Å². The number of nitrogens with zero attached hydrogens (tertiary/aromatic N) is 2. The number of carbonyl (C=O) groups excluding carboxylic acids is 5. The molecule has 276 valence electrons. The average Bonchev–Trinajstić information content (AvgIpc) is 3.12. The Morgan fingerprint density at radius 1 is 0.904 bits per heavy atom. The van der Waals surface area contributed by atoms with Gasteiger partial charge in [-0.05, 0) is 94.2 Å². The van der Waals surface area contributed by atoms with Crippen molar-refractivity contribution in [2.45, 2.75) is 96.9 Å². The van der Waals surface area contributed by atoms with E-state index < -0.39 is 23.6 Å². The van der Waals surface area contributed by atoms with Gasteiger partial charge >= 0.3 is 6.09 Å². The molecule has 0 aliphatic carbocycles. The van der Waals surface area contributed by atoms with E-state index in [1.165, 1.54) is 0 Å². The van der Waals surface area contributed by atoms with E-state index in [9.17, 15) is 24.0 Å². The molecule has 5 rings (SSSR count). The van der Waals surface area contributed by atoms with E-state index in [0.717, 1.165) is 29.5 Å². The molecule has 10 nitrogen and oxygen atoms in total. The van der Waals surface area contributed by atoms with Crippen molar-refractivity contribution in [1.29, 1.82) is 0 Å². The van der Waals surface area contributed by atoms with Crippen LogP contribution in [0, 0.1) is 12.8 Å². The molecule has 4 amide bonds. The summed E-state index contributed by atoms with van der Waals surface area (Å²) in [5.41, 5.74) is 3.23. The predicted octanol–water partition coefficient (Wildman–Crippen LogP) is 7.12. The van der Waals surface area contributed by atoms with Crippen molar-refractivity contribution in [2.24, 2.45) is 5.92 Å². The van der Waals surface area contributed by atoms with Crippen LogP contribution in [-0.2, 0) is 32.1 Å². The number of likely N-dealkylation sites (tertiary alicyclic amines) is 1. The van der Waals surface area contributed by atoms with Gasteiger partial charge in [0.25, 0.3) is 0 Å². The first-order valence-electron chi connectivity index (χ1n) is 18.1. The molecule has 0 bridgehead atoms. The third kappa shape index (κ3) is 10.4. The number of anilines is 1. The summed E-state index contributed by atoms with van der Waals surface area (Å²) in [4.78, 5) is 70.5. The minimum absolute atomic E-state index is 0.0214. The molecule has 2 heterocycles. The first-order chi connectivity index (χ1) is 24.8. The van der Waals surface area contributed by atoms with Gasteiger partial charge in [-0.15, -0.1) is 0 Å². The Bertz CT molecular complexity index is 1770. The lowest BCUT2D eigenvalue weighted by Gasteiger charge is -2.37. The van der Waals surface area contributed by atoms with E-state index in [1.54, 1.807) is 52.3 Å². The van der Waals surface area contributed by atoms with Crippen molar-refractivity contribution in [1.82, 2.24) is 15.1 Å². The Labute approximate surface area is 311 Å². The molecule has 0 aromatic heterocycles.